The molecule has 1 aliphatic carbocycles. The van der Waals surface area contributed by atoms with Crippen molar-refractivity contribution in [2.24, 2.45) is 0 Å². The second-order valence-electron chi connectivity index (χ2n) is 7.63. The average Bonchev–Trinajstić information content (AvgIpc) is 2.73. The number of hydrogen-bond acceptors (Lipinski definition) is 2. The minimum absolute atomic E-state index is 0.196. The van der Waals surface area contributed by atoms with E-state index >= 15 is 0 Å². The maximum atomic E-state index is 13.4. The molecule has 5 heteroatoms. The molecular formula is C23H23FN2O2. The second kappa shape index (κ2) is 7.58. The van der Waals surface area contributed by atoms with E-state index < -0.39 is 0 Å². The van der Waals surface area contributed by atoms with Crippen LogP contribution in [-0.4, -0.2) is 17.4 Å². The number of carbonyl (C=O) groups is 1. The third kappa shape index (κ3) is 3.57. The number of fused-ring (bicyclic) bond motifs is 1. The maximum Gasteiger partial charge on any atom is 0.267 e. The second-order valence-corrected chi connectivity index (χ2v) is 7.63. The standard InChI is InChI=1S/C23H23FN2O2/c24-18-10-8-17(9-11-18)23(12-4-1-5-13-23)15-25-22(28)20-14-16-6-2-3-7-19(16)21(27)26-20/h2-3,6-11,14H,1,4-5,12-13,15H2,(H,25,28)(H,26,27). The number of amides is 1. The molecule has 1 fully saturated rings. The number of carbonyl (C=O) groups excluding carboxylic acids is 1. The van der Waals surface area contributed by atoms with Gasteiger partial charge in [-0.15, -0.1) is 0 Å². The molecular weight excluding hydrogens is 355 g/mol. The number of rotatable bonds is 4. The highest BCUT2D eigenvalue weighted by molar-refractivity contribution is 5.96. The fourth-order valence-corrected chi connectivity index (χ4v) is 4.28. The zero-order chi connectivity index (χ0) is 19.6. The van der Waals surface area contributed by atoms with Gasteiger partial charge in [0.25, 0.3) is 11.5 Å². The summed E-state index contributed by atoms with van der Waals surface area (Å²) in [5.41, 5.74) is 0.850. The Kier molecular flexibility index (Phi) is 4.99. The number of nitrogens with one attached hydrogen (secondary N) is 2. The quantitative estimate of drug-likeness (QED) is 0.711. The Balaban J connectivity index is 1.58. The zero-order valence-corrected chi connectivity index (χ0v) is 15.6. The Hall–Kier alpha value is -2.95. The van der Waals surface area contributed by atoms with E-state index in [4.69, 9.17) is 0 Å². The number of benzene rings is 2. The maximum absolute atomic E-state index is 13.4. The van der Waals surface area contributed by atoms with Crippen LogP contribution in [0.4, 0.5) is 4.39 Å². The molecule has 0 saturated heterocycles. The third-order valence-corrected chi connectivity index (χ3v) is 5.85. The number of aromatic nitrogens is 1. The smallest absolute Gasteiger partial charge is 0.267 e. The van der Waals surface area contributed by atoms with Crippen LogP contribution >= 0.6 is 0 Å². The van der Waals surface area contributed by atoms with Crippen molar-refractivity contribution < 1.29 is 9.18 Å². The predicted octanol–water partition coefficient (Wildman–Crippen LogP) is 4.30. The Morgan fingerprint density at radius 3 is 2.50 bits per heavy atom. The normalized spacial score (nSPS) is 16.0. The number of pyridine rings is 1. The minimum Gasteiger partial charge on any atom is -0.350 e. The van der Waals surface area contributed by atoms with Gasteiger partial charge < -0.3 is 10.3 Å². The Labute approximate surface area is 162 Å². The first-order chi connectivity index (χ1) is 13.6. The summed E-state index contributed by atoms with van der Waals surface area (Å²) in [5, 5.41) is 4.31. The molecule has 2 aromatic carbocycles. The van der Waals surface area contributed by atoms with Gasteiger partial charge in [0.15, 0.2) is 0 Å². The van der Waals surface area contributed by atoms with E-state index in [1.165, 1.54) is 18.6 Å². The lowest BCUT2D eigenvalue weighted by atomic mass is 9.69. The summed E-state index contributed by atoms with van der Waals surface area (Å²) in [6.07, 6.45) is 5.25. The summed E-state index contributed by atoms with van der Waals surface area (Å²) in [5.74, 6) is -0.553. The summed E-state index contributed by atoms with van der Waals surface area (Å²) in [6.45, 7) is 0.465. The molecule has 28 heavy (non-hydrogen) atoms. The van der Waals surface area contributed by atoms with Gasteiger partial charge in [0, 0.05) is 17.3 Å². The molecule has 0 spiro atoms. The first kappa shape index (κ1) is 18.4. The Morgan fingerprint density at radius 1 is 1.04 bits per heavy atom. The van der Waals surface area contributed by atoms with E-state index in [0.717, 1.165) is 36.6 Å². The van der Waals surface area contributed by atoms with Gasteiger partial charge in [-0.1, -0.05) is 49.6 Å². The summed E-state index contributed by atoms with van der Waals surface area (Å²) >= 11 is 0. The fraction of sp³-hybridized carbons (Fsp3) is 0.304. The van der Waals surface area contributed by atoms with Crippen LogP contribution in [-0.2, 0) is 5.41 Å². The van der Waals surface area contributed by atoms with Crippen LogP contribution in [0.5, 0.6) is 0 Å². The number of H-pyrrole nitrogens is 1. The lowest BCUT2D eigenvalue weighted by molar-refractivity contribution is 0.0931. The summed E-state index contributed by atoms with van der Waals surface area (Å²) in [6, 6.07) is 15.5. The topological polar surface area (TPSA) is 62.0 Å². The lowest BCUT2D eigenvalue weighted by Crippen LogP contribution is -2.42. The van der Waals surface area contributed by atoms with Crippen LogP contribution in [0, 0.1) is 5.82 Å². The van der Waals surface area contributed by atoms with Crippen molar-refractivity contribution >= 4 is 16.7 Å². The molecule has 144 valence electrons. The summed E-state index contributed by atoms with van der Waals surface area (Å²) in [7, 11) is 0. The number of aromatic amines is 1. The van der Waals surface area contributed by atoms with Crippen molar-refractivity contribution in [1.29, 1.82) is 0 Å². The fourth-order valence-electron chi connectivity index (χ4n) is 4.28. The van der Waals surface area contributed by atoms with E-state index in [0.29, 0.717) is 11.9 Å². The van der Waals surface area contributed by atoms with Gasteiger partial charge >= 0.3 is 0 Å². The molecule has 1 aliphatic rings. The first-order valence-electron chi connectivity index (χ1n) is 9.74. The summed E-state index contributed by atoms with van der Waals surface area (Å²) in [4.78, 5) is 27.7. The van der Waals surface area contributed by atoms with Crippen molar-refractivity contribution in [3.05, 3.63) is 82.0 Å². The van der Waals surface area contributed by atoms with E-state index in [1.54, 1.807) is 18.2 Å². The van der Waals surface area contributed by atoms with Crippen molar-refractivity contribution in [2.45, 2.75) is 37.5 Å². The number of hydrogen-bond donors (Lipinski definition) is 2. The molecule has 4 rings (SSSR count). The molecule has 1 heterocycles. The molecule has 0 bridgehead atoms. The molecule has 2 N–H and O–H groups in total. The van der Waals surface area contributed by atoms with Crippen LogP contribution < -0.4 is 10.9 Å². The minimum atomic E-state index is -0.296. The highest BCUT2D eigenvalue weighted by Crippen LogP contribution is 2.39. The molecule has 0 radical (unpaired) electrons. The van der Waals surface area contributed by atoms with E-state index in [2.05, 4.69) is 10.3 Å². The SMILES string of the molecule is O=C(NCC1(c2ccc(F)cc2)CCCCC1)c1cc2ccccc2c(=O)[nH]1. The third-order valence-electron chi connectivity index (χ3n) is 5.85. The van der Waals surface area contributed by atoms with Crippen LogP contribution in [0.2, 0.25) is 0 Å². The van der Waals surface area contributed by atoms with E-state index in [-0.39, 0.29) is 28.4 Å². The van der Waals surface area contributed by atoms with Gasteiger partial charge in [0.2, 0.25) is 0 Å². The van der Waals surface area contributed by atoms with E-state index in [9.17, 15) is 14.0 Å². The van der Waals surface area contributed by atoms with Gasteiger partial charge in [-0.3, -0.25) is 9.59 Å². The molecule has 0 unspecified atom stereocenters. The van der Waals surface area contributed by atoms with Crippen molar-refractivity contribution in [3.8, 4) is 0 Å². The van der Waals surface area contributed by atoms with E-state index in [1.807, 2.05) is 24.3 Å². The van der Waals surface area contributed by atoms with Crippen molar-refractivity contribution in [1.82, 2.24) is 10.3 Å². The summed E-state index contributed by atoms with van der Waals surface area (Å²) < 4.78 is 13.4. The predicted molar refractivity (Wildman–Crippen MR) is 108 cm³/mol. The Bertz CT molecular complexity index is 1050. The zero-order valence-electron chi connectivity index (χ0n) is 15.6. The van der Waals surface area contributed by atoms with Crippen LogP contribution in [0.15, 0.2) is 59.4 Å². The van der Waals surface area contributed by atoms with Gasteiger partial charge in [-0.2, -0.15) is 0 Å². The highest BCUT2D eigenvalue weighted by Gasteiger charge is 2.34. The average molecular weight is 378 g/mol. The van der Waals surface area contributed by atoms with Crippen molar-refractivity contribution in [2.75, 3.05) is 6.54 Å². The molecule has 0 aliphatic heterocycles. The largest absolute Gasteiger partial charge is 0.350 e. The number of halogens is 1. The van der Waals surface area contributed by atoms with Crippen molar-refractivity contribution in [3.63, 3.8) is 0 Å². The monoisotopic (exact) mass is 378 g/mol. The molecule has 1 aromatic heterocycles. The van der Waals surface area contributed by atoms with Crippen LogP contribution in [0.25, 0.3) is 10.8 Å². The van der Waals surface area contributed by atoms with Gasteiger partial charge in [-0.05, 0) is 48.1 Å². The van der Waals surface area contributed by atoms with Gasteiger partial charge in [-0.25, -0.2) is 4.39 Å². The first-order valence-corrected chi connectivity index (χ1v) is 9.74. The Morgan fingerprint density at radius 2 is 1.75 bits per heavy atom. The molecule has 4 nitrogen and oxygen atoms in total. The molecule has 1 amide bonds. The molecule has 3 aromatic rings. The van der Waals surface area contributed by atoms with Crippen LogP contribution in [0.1, 0.15) is 48.2 Å². The van der Waals surface area contributed by atoms with Gasteiger partial charge in [0.05, 0.1) is 0 Å². The molecule has 0 atom stereocenters. The van der Waals surface area contributed by atoms with Crippen LogP contribution in [0.3, 0.4) is 0 Å². The lowest BCUT2D eigenvalue weighted by Gasteiger charge is -2.38. The molecule has 1 saturated carbocycles. The highest BCUT2D eigenvalue weighted by atomic mass is 19.1. The van der Waals surface area contributed by atoms with Gasteiger partial charge in [0.1, 0.15) is 11.5 Å².